The first-order valence-corrected chi connectivity index (χ1v) is 6.66. The molecule has 6 heteroatoms. The van der Waals surface area contributed by atoms with Gasteiger partial charge in [-0.3, -0.25) is 10.1 Å². The molecule has 1 heterocycles. The van der Waals surface area contributed by atoms with Gasteiger partial charge in [-0.15, -0.1) is 0 Å². The first kappa shape index (κ1) is 15.1. The lowest BCUT2D eigenvalue weighted by Gasteiger charge is -2.07. The Morgan fingerprint density at radius 1 is 1.38 bits per heavy atom. The van der Waals surface area contributed by atoms with Gasteiger partial charge >= 0.3 is 0 Å². The van der Waals surface area contributed by atoms with E-state index < -0.39 is 0 Å². The van der Waals surface area contributed by atoms with Gasteiger partial charge in [0.1, 0.15) is 11.5 Å². The van der Waals surface area contributed by atoms with Crippen LogP contribution in [0.15, 0.2) is 28.7 Å². The minimum Gasteiger partial charge on any atom is -0.497 e. The predicted octanol–water partition coefficient (Wildman–Crippen LogP) is 2.03. The molecule has 0 aliphatic rings. The Morgan fingerprint density at radius 2 is 2.19 bits per heavy atom. The quantitative estimate of drug-likeness (QED) is 0.851. The summed E-state index contributed by atoms with van der Waals surface area (Å²) in [6, 6.07) is 7.21. The van der Waals surface area contributed by atoms with Crippen molar-refractivity contribution < 1.29 is 13.9 Å². The van der Waals surface area contributed by atoms with Crippen molar-refractivity contribution in [3.63, 3.8) is 0 Å². The number of oxazole rings is 1. The van der Waals surface area contributed by atoms with Crippen molar-refractivity contribution in [2.45, 2.75) is 20.4 Å². The van der Waals surface area contributed by atoms with Gasteiger partial charge < -0.3 is 14.5 Å². The highest BCUT2D eigenvalue weighted by molar-refractivity contribution is 5.92. The SMILES string of the molecule is COc1cccc(NC(=O)CNCc2nc(C)c(C)o2)c1. The number of amides is 1. The van der Waals surface area contributed by atoms with Crippen LogP contribution in [-0.2, 0) is 11.3 Å². The lowest BCUT2D eigenvalue weighted by Crippen LogP contribution is -2.27. The zero-order chi connectivity index (χ0) is 15.2. The molecular weight excluding hydrogens is 270 g/mol. The molecule has 112 valence electrons. The molecule has 1 amide bonds. The number of ether oxygens (including phenoxy) is 1. The van der Waals surface area contributed by atoms with E-state index in [1.54, 1.807) is 19.2 Å². The molecule has 0 fully saturated rings. The van der Waals surface area contributed by atoms with Gasteiger partial charge in [0, 0.05) is 11.8 Å². The lowest BCUT2D eigenvalue weighted by molar-refractivity contribution is -0.115. The van der Waals surface area contributed by atoms with Crippen LogP contribution < -0.4 is 15.4 Å². The number of rotatable bonds is 6. The van der Waals surface area contributed by atoms with Gasteiger partial charge in [-0.25, -0.2) is 4.98 Å². The molecule has 2 rings (SSSR count). The molecule has 0 atom stereocenters. The van der Waals surface area contributed by atoms with Gasteiger partial charge in [-0.2, -0.15) is 0 Å². The van der Waals surface area contributed by atoms with Crippen LogP contribution in [0.1, 0.15) is 17.3 Å². The van der Waals surface area contributed by atoms with Crippen molar-refractivity contribution in [2.24, 2.45) is 0 Å². The summed E-state index contributed by atoms with van der Waals surface area (Å²) in [4.78, 5) is 16.0. The van der Waals surface area contributed by atoms with Gasteiger partial charge in [0.25, 0.3) is 0 Å². The van der Waals surface area contributed by atoms with Crippen molar-refractivity contribution in [3.8, 4) is 5.75 Å². The average molecular weight is 289 g/mol. The van der Waals surface area contributed by atoms with Crippen molar-refractivity contribution in [1.82, 2.24) is 10.3 Å². The number of hydrogen-bond acceptors (Lipinski definition) is 5. The number of carbonyl (C=O) groups is 1. The van der Waals surface area contributed by atoms with E-state index in [9.17, 15) is 4.79 Å². The largest absolute Gasteiger partial charge is 0.497 e. The number of methoxy groups -OCH3 is 1. The normalized spacial score (nSPS) is 10.4. The summed E-state index contributed by atoms with van der Waals surface area (Å²) in [6.07, 6.45) is 0. The van der Waals surface area contributed by atoms with Crippen molar-refractivity contribution in [1.29, 1.82) is 0 Å². The van der Waals surface area contributed by atoms with Crippen LogP contribution in [0.25, 0.3) is 0 Å². The van der Waals surface area contributed by atoms with Gasteiger partial charge in [0.2, 0.25) is 11.8 Å². The number of anilines is 1. The third kappa shape index (κ3) is 4.32. The maximum atomic E-state index is 11.8. The molecule has 21 heavy (non-hydrogen) atoms. The lowest BCUT2D eigenvalue weighted by atomic mass is 10.3. The Labute approximate surface area is 123 Å². The summed E-state index contributed by atoms with van der Waals surface area (Å²) in [7, 11) is 1.59. The number of aromatic nitrogens is 1. The average Bonchev–Trinajstić information content (AvgIpc) is 2.78. The number of aryl methyl sites for hydroxylation is 2. The van der Waals surface area contributed by atoms with E-state index in [0.29, 0.717) is 23.9 Å². The number of hydrogen-bond donors (Lipinski definition) is 2. The highest BCUT2D eigenvalue weighted by Gasteiger charge is 2.07. The summed E-state index contributed by atoms with van der Waals surface area (Å²) in [6.45, 7) is 4.34. The topological polar surface area (TPSA) is 76.4 Å². The summed E-state index contributed by atoms with van der Waals surface area (Å²) in [5.74, 6) is 1.95. The zero-order valence-corrected chi connectivity index (χ0v) is 12.4. The molecule has 1 aromatic carbocycles. The predicted molar refractivity (Wildman–Crippen MR) is 79.3 cm³/mol. The standard InChI is InChI=1S/C15H19N3O3/c1-10-11(2)21-15(17-10)9-16-8-14(19)18-12-5-4-6-13(7-12)20-3/h4-7,16H,8-9H2,1-3H3,(H,18,19). The Balaban J connectivity index is 1.79. The van der Waals surface area contributed by atoms with E-state index in [-0.39, 0.29) is 12.5 Å². The first-order valence-electron chi connectivity index (χ1n) is 6.66. The monoisotopic (exact) mass is 289 g/mol. The molecule has 0 bridgehead atoms. The second-order valence-corrected chi connectivity index (χ2v) is 4.63. The minimum atomic E-state index is -0.136. The summed E-state index contributed by atoms with van der Waals surface area (Å²) in [5.41, 5.74) is 1.57. The molecule has 1 aromatic heterocycles. The maximum Gasteiger partial charge on any atom is 0.238 e. The molecule has 0 aliphatic carbocycles. The van der Waals surface area contributed by atoms with E-state index in [1.165, 1.54) is 0 Å². The van der Waals surface area contributed by atoms with Crippen LogP contribution in [0.5, 0.6) is 5.75 Å². The molecule has 0 saturated carbocycles. The first-order chi connectivity index (χ1) is 10.1. The number of nitrogens with one attached hydrogen (secondary N) is 2. The smallest absolute Gasteiger partial charge is 0.238 e. The fourth-order valence-electron chi connectivity index (χ4n) is 1.80. The van der Waals surface area contributed by atoms with Crippen LogP contribution in [0.3, 0.4) is 0 Å². The van der Waals surface area contributed by atoms with E-state index in [0.717, 1.165) is 11.5 Å². The fourth-order valence-corrected chi connectivity index (χ4v) is 1.80. The number of nitrogens with zero attached hydrogens (tertiary/aromatic N) is 1. The molecule has 0 aliphatic heterocycles. The minimum absolute atomic E-state index is 0.136. The number of benzene rings is 1. The summed E-state index contributed by atoms with van der Waals surface area (Å²) >= 11 is 0. The third-order valence-electron chi connectivity index (χ3n) is 2.99. The van der Waals surface area contributed by atoms with Crippen molar-refractivity contribution >= 4 is 11.6 Å². The highest BCUT2D eigenvalue weighted by Crippen LogP contribution is 2.16. The van der Waals surface area contributed by atoms with E-state index in [4.69, 9.17) is 9.15 Å². The van der Waals surface area contributed by atoms with Gasteiger partial charge in [0.15, 0.2) is 0 Å². The molecule has 2 N–H and O–H groups in total. The molecule has 0 saturated heterocycles. The van der Waals surface area contributed by atoms with Gasteiger partial charge in [-0.1, -0.05) is 6.07 Å². The Hall–Kier alpha value is -2.34. The van der Waals surface area contributed by atoms with E-state index >= 15 is 0 Å². The van der Waals surface area contributed by atoms with Crippen LogP contribution in [0.4, 0.5) is 5.69 Å². The van der Waals surface area contributed by atoms with Crippen molar-refractivity contribution in [3.05, 3.63) is 41.6 Å². The van der Waals surface area contributed by atoms with E-state index in [2.05, 4.69) is 15.6 Å². The Kier molecular flexibility index (Phi) is 4.94. The van der Waals surface area contributed by atoms with Gasteiger partial charge in [-0.05, 0) is 26.0 Å². The van der Waals surface area contributed by atoms with E-state index in [1.807, 2.05) is 26.0 Å². The van der Waals surface area contributed by atoms with Crippen molar-refractivity contribution in [2.75, 3.05) is 19.0 Å². The summed E-state index contributed by atoms with van der Waals surface area (Å²) < 4.78 is 10.5. The van der Waals surface area contributed by atoms with Crippen LogP contribution in [-0.4, -0.2) is 24.5 Å². The second kappa shape index (κ2) is 6.90. The second-order valence-electron chi connectivity index (χ2n) is 4.63. The number of carbonyl (C=O) groups excluding carboxylic acids is 1. The molecule has 6 nitrogen and oxygen atoms in total. The third-order valence-corrected chi connectivity index (χ3v) is 2.99. The molecule has 0 spiro atoms. The van der Waals surface area contributed by atoms with Gasteiger partial charge in [0.05, 0.1) is 25.9 Å². The van der Waals surface area contributed by atoms with Crippen LogP contribution in [0.2, 0.25) is 0 Å². The molecule has 0 radical (unpaired) electrons. The molecular formula is C15H19N3O3. The Morgan fingerprint density at radius 3 is 2.86 bits per heavy atom. The molecule has 2 aromatic rings. The van der Waals surface area contributed by atoms with Crippen LogP contribution >= 0.6 is 0 Å². The molecule has 0 unspecified atom stereocenters. The Bertz CT molecular complexity index is 603. The fraction of sp³-hybridized carbons (Fsp3) is 0.333. The zero-order valence-electron chi connectivity index (χ0n) is 12.4. The maximum absolute atomic E-state index is 11.8. The summed E-state index contributed by atoms with van der Waals surface area (Å²) in [5, 5.41) is 5.78. The highest BCUT2D eigenvalue weighted by atomic mass is 16.5. The van der Waals surface area contributed by atoms with Crippen LogP contribution in [0, 0.1) is 13.8 Å².